The molecule has 0 atom stereocenters. The van der Waals surface area contributed by atoms with Gasteiger partial charge >= 0.3 is 6.03 Å². The van der Waals surface area contributed by atoms with E-state index in [-0.39, 0.29) is 11.7 Å². The molecule has 0 saturated heterocycles. The van der Waals surface area contributed by atoms with E-state index in [2.05, 4.69) is 20.7 Å². The first-order chi connectivity index (χ1) is 12.0. The molecule has 1 aromatic heterocycles. The number of benzene rings is 1. The first-order valence-electron chi connectivity index (χ1n) is 7.74. The van der Waals surface area contributed by atoms with E-state index in [1.165, 1.54) is 13.3 Å². The Labute approximate surface area is 146 Å². The number of urea groups is 1. The van der Waals surface area contributed by atoms with Crippen LogP contribution < -0.4 is 20.5 Å². The van der Waals surface area contributed by atoms with Crippen molar-refractivity contribution in [2.24, 2.45) is 5.92 Å². The van der Waals surface area contributed by atoms with Gasteiger partial charge in [0.2, 0.25) is 5.82 Å². The molecular formula is C17H20N6O2. The van der Waals surface area contributed by atoms with Crippen LogP contribution in [-0.4, -0.2) is 29.7 Å². The molecular weight excluding hydrogens is 320 g/mol. The van der Waals surface area contributed by atoms with E-state index < -0.39 is 6.03 Å². The van der Waals surface area contributed by atoms with Gasteiger partial charge in [0.15, 0.2) is 5.82 Å². The van der Waals surface area contributed by atoms with Crippen molar-refractivity contribution in [1.29, 1.82) is 5.26 Å². The molecule has 0 saturated carbocycles. The lowest BCUT2D eigenvalue weighted by molar-refractivity contribution is 0.250. The molecule has 0 aliphatic carbocycles. The molecule has 2 amide bonds. The average Bonchev–Trinajstić information content (AvgIpc) is 2.61. The lowest BCUT2D eigenvalue weighted by Crippen LogP contribution is -2.47. The molecule has 1 heterocycles. The third-order valence-electron chi connectivity index (χ3n) is 3.16. The predicted octanol–water partition coefficient (Wildman–Crippen LogP) is 2.56. The van der Waals surface area contributed by atoms with Crippen molar-refractivity contribution in [3.63, 3.8) is 0 Å². The second-order valence-electron chi connectivity index (χ2n) is 5.62. The maximum Gasteiger partial charge on any atom is 0.338 e. The van der Waals surface area contributed by atoms with E-state index in [9.17, 15) is 4.79 Å². The molecule has 0 fully saturated rings. The van der Waals surface area contributed by atoms with Gasteiger partial charge in [-0.15, -0.1) is 0 Å². The van der Waals surface area contributed by atoms with Gasteiger partial charge in [-0.3, -0.25) is 5.01 Å². The van der Waals surface area contributed by atoms with Crippen LogP contribution in [0.4, 0.5) is 16.3 Å². The number of hydrazine groups is 1. The zero-order chi connectivity index (χ0) is 18.2. The molecule has 2 N–H and O–H groups in total. The summed E-state index contributed by atoms with van der Waals surface area (Å²) in [5.41, 5.74) is 3.29. The van der Waals surface area contributed by atoms with Gasteiger partial charge in [-0.1, -0.05) is 26.0 Å². The zero-order valence-electron chi connectivity index (χ0n) is 14.4. The van der Waals surface area contributed by atoms with E-state index >= 15 is 0 Å². The minimum absolute atomic E-state index is 0.0400. The lowest BCUT2D eigenvalue weighted by atomic mass is 10.2. The summed E-state index contributed by atoms with van der Waals surface area (Å²) in [6.45, 7) is 4.54. The summed E-state index contributed by atoms with van der Waals surface area (Å²) in [7, 11) is 1.54. The quantitative estimate of drug-likeness (QED) is 0.783. The minimum atomic E-state index is -0.442. The smallest absolute Gasteiger partial charge is 0.338 e. The van der Waals surface area contributed by atoms with Crippen molar-refractivity contribution in [2.75, 3.05) is 24.0 Å². The molecule has 0 radical (unpaired) electrons. The van der Waals surface area contributed by atoms with Crippen LogP contribution in [0.25, 0.3) is 0 Å². The molecule has 1 aromatic carbocycles. The fourth-order valence-electron chi connectivity index (χ4n) is 2.14. The number of anilines is 2. The van der Waals surface area contributed by atoms with Crippen molar-refractivity contribution >= 4 is 17.5 Å². The van der Waals surface area contributed by atoms with Crippen LogP contribution in [0.3, 0.4) is 0 Å². The van der Waals surface area contributed by atoms with Crippen LogP contribution in [0.5, 0.6) is 5.75 Å². The number of para-hydroxylation sites is 2. The highest BCUT2D eigenvalue weighted by atomic mass is 16.5. The number of carbonyl (C=O) groups is 1. The molecule has 25 heavy (non-hydrogen) atoms. The lowest BCUT2D eigenvalue weighted by Gasteiger charge is -2.26. The number of methoxy groups -OCH3 is 1. The Kier molecular flexibility index (Phi) is 6.12. The van der Waals surface area contributed by atoms with Crippen molar-refractivity contribution in [3.05, 3.63) is 42.4 Å². The van der Waals surface area contributed by atoms with Gasteiger partial charge in [-0.2, -0.15) is 10.2 Å². The number of nitrogens with one attached hydrogen (secondary N) is 2. The van der Waals surface area contributed by atoms with E-state index in [4.69, 9.17) is 10.00 Å². The maximum atomic E-state index is 12.4. The summed E-state index contributed by atoms with van der Waals surface area (Å²) >= 11 is 0. The number of aromatic nitrogens is 2. The van der Waals surface area contributed by atoms with E-state index in [1.807, 2.05) is 26.0 Å². The molecule has 2 rings (SSSR count). The van der Waals surface area contributed by atoms with Gasteiger partial charge in [-0.05, 0) is 18.1 Å². The van der Waals surface area contributed by atoms with Gasteiger partial charge in [0.1, 0.15) is 11.8 Å². The van der Waals surface area contributed by atoms with Gasteiger partial charge < -0.3 is 10.1 Å². The third-order valence-corrected chi connectivity index (χ3v) is 3.16. The Hall–Kier alpha value is -3.34. The Morgan fingerprint density at radius 3 is 2.80 bits per heavy atom. The second-order valence-corrected chi connectivity index (χ2v) is 5.62. The summed E-state index contributed by atoms with van der Waals surface area (Å²) in [6, 6.07) is 10.2. The number of carbonyl (C=O) groups excluding carboxylic acids is 1. The maximum absolute atomic E-state index is 12.4. The molecule has 0 aliphatic heterocycles. The highest BCUT2D eigenvalue weighted by Crippen LogP contribution is 2.22. The largest absolute Gasteiger partial charge is 0.495 e. The van der Waals surface area contributed by atoms with Crippen molar-refractivity contribution in [2.45, 2.75) is 13.8 Å². The van der Waals surface area contributed by atoms with Crippen LogP contribution in [0.1, 0.15) is 19.7 Å². The summed E-state index contributed by atoms with van der Waals surface area (Å²) in [5.74, 6) is 1.29. The third kappa shape index (κ3) is 5.07. The van der Waals surface area contributed by atoms with E-state index in [0.717, 1.165) is 0 Å². The second kappa shape index (κ2) is 8.49. The number of amides is 2. The summed E-state index contributed by atoms with van der Waals surface area (Å²) in [6.07, 6.45) is 1.48. The Balaban J connectivity index is 2.16. The fraction of sp³-hybridized carbons (Fsp3) is 0.294. The minimum Gasteiger partial charge on any atom is -0.495 e. The van der Waals surface area contributed by atoms with Crippen molar-refractivity contribution in [3.8, 4) is 11.8 Å². The van der Waals surface area contributed by atoms with Crippen molar-refractivity contribution < 1.29 is 9.53 Å². The normalized spacial score (nSPS) is 10.0. The van der Waals surface area contributed by atoms with E-state index in [1.54, 1.807) is 29.3 Å². The molecule has 8 heteroatoms. The number of nitriles is 1. The Morgan fingerprint density at radius 2 is 2.12 bits per heavy atom. The molecule has 0 bridgehead atoms. The Morgan fingerprint density at radius 1 is 1.36 bits per heavy atom. The summed E-state index contributed by atoms with van der Waals surface area (Å²) in [4.78, 5) is 20.3. The SMILES string of the molecule is COc1ccccc1NC(=O)NN(CC(C)C)c1ccnc(C#N)n1. The van der Waals surface area contributed by atoms with Gasteiger partial charge in [0, 0.05) is 18.8 Å². The average molecular weight is 340 g/mol. The molecule has 0 unspecified atom stereocenters. The topological polar surface area (TPSA) is 103 Å². The van der Waals surface area contributed by atoms with Crippen LogP contribution in [0.2, 0.25) is 0 Å². The standard InChI is InChI=1S/C17H20N6O2/c1-12(2)11-23(16-8-9-19-15(10-18)21-16)22-17(24)20-13-6-4-5-7-14(13)25-3/h4-9,12H,11H2,1-3H3,(H2,20,22,24). The summed E-state index contributed by atoms with van der Waals surface area (Å²) < 4.78 is 5.22. The number of rotatable bonds is 6. The van der Waals surface area contributed by atoms with E-state index in [0.29, 0.717) is 23.8 Å². The zero-order valence-corrected chi connectivity index (χ0v) is 14.4. The molecule has 8 nitrogen and oxygen atoms in total. The molecule has 0 aliphatic rings. The van der Waals surface area contributed by atoms with Crippen LogP contribution in [-0.2, 0) is 0 Å². The van der Waals surface area contributed by atoms with Gasteiger partial charge in [0.05, 0.1) is 12.8 Å². The molecule has 2 aromatic rings. The highest BCUT2D eigenvalue weighted by Gasteiger charge is 2.15. The number of hydrogen-bond donors (Lipinski definition) is 2. The Bertz CT molecular complexity index is 772. The van der Waals surface area contributed by atoms with Gasteiger partial charge in [-0.25, -0.2) is 15.2 Å². The summed E-state index contributed by atoms with van der Waals surface area (Å²) in [5, 5.41) is 13.3. The van der Waals surface area contributed by atoms with Crippen LogP contribution in [0, 0.1) is 17.2 Å². The monoisotopic (exact) mass is 340 g/mol. The number of hydrogen-bond acceptors (Lipinski definition) is 6. The molecule has 0 spiro atoms. The first-order valence-corrected chi connectivity index (χ1v) is 7.74. The van der Waals surface area contributed by atoms with Crippen LogP contribution >= 0.6 is 0 Å². The van der Waals surface area contributed by atoms with Crippen LogP contribution in [0.15, 0.2) is 36.5 Å². The molecule has 130 valence electrons. The highest BCUT2D eigenvalue weighted by molar-refractivity contribution is 5.91. The van der Waals surface area contributed by atoms with Crippen molar-refractivity contribution in [1.82, 2.24) is 15.4 Å². The van der Waals surface area contributed by atoms with Gasteiger partial charge in [0.25, 0.3) is 0 Å². The number of ether oxygens (including phenoxy) is 1. The number of nitrogens with zero attached hydrogens (tertiary/aromatic N) is 4. The fourth-order valence-corrected chi connectivity index (χ4v) is 2.14. The predicted molar refractivity (Wildman–Crippen MR) is 94.1 cm³/mol. The first kappa shape index (κ1) is 18.0.